The molecule has 1 N–H and O–H groups in total. The van der Waals surface area contributed by atoms with Gasteiger partial charge in [0.05, 0.1) is 0 Å². The topological polar surface area (TPSA) is 15.3 Å². The summed E-state index contributed by atoms with van der Waals surface area (Å²) in [5, 5.41) is 4.25. The van der Waals surface area contributed by atoms with Gasteiger partial charge in [0.2, 0.25) is 0 Å². The number of nitrogens with zero attached hydrogens (tertiary/aromatic N) is 1. The second kappa shape index (κ2) is 4.65. The summed E-state index contributed by atoms with van der Waals surface area (Å²) >= 11 is 5.17. The zero-order chi connectivity index (χ0) is 8.97. The van der Waals surface area contributed by atoms with Crippen molar-refractivity contribution in [1.82, 2.24) is 10.2 Å². The highest BCUT2D eigenvalue weighted by Crippen LogP contribution is 2.17. The van der Waals surface area contributed by atoms with Crippen molar-refractivity contribution in [1.29, 1.82) is 0 Å². The molecule has 3 heteroatoms. The lowest BCUT2D eigenvalue weighted by Crippen LogP contribution is -2.41. The van der Waals surface area contributed by atoms with Crippen LogP contribution in [0.4, 0.5) is 0 Å². The molecule has 1 fully saturated rings. The molecule has 70 valence electrons. The molecule has 0 radical (unpaired) electrons. The number of thiocarbonyl (C=S) groups is 1. The lowest BCUT2D eigenvalue weighted by atomic mass is 9.96. The molecule has 0 atom stereocenters. The molecule has 0 unspecified atom stereocenters. The molecule has 0 aromatic heterocycles. The molecule has 1 aliphatic carbocycles. The van der Waals surface area contributed by atoms with Crippen LogP contribution < -0.4 is 5.32 Å². The minimum Gasteiger partial charge on any atom is -0.360 e. The van der Waals surface area contributed by atoms with Crippen LogP contribution in [-0.4, -0.2) is 30.1 Å². The second-order valence-corrected chi connectivity index (χ2v) is 4.07. The molecule has 0 aliphatic heterocycles. The van der Waals surface area contributed by atoms with Gasteiger partial charge in [0.15, 0.2) is 5.11 Å². The molecule has 1 rings (SSSR count). The fourth-order valence-electron chi connectivity index (χ4n) is 1.55. The summed E-state index contributed by atoms with van der Waals surface area (Å²) in [6.45, 7) is 0. The van der Waals surface area contributed by atoms with Crippen LogP contribution in [0.1, 0.15) is 32.1 Å². The summed E-state index contributed by atoms with van der Waals surface area (Å²) in [6, 6.07) is 0.633. The number of nitrogens with one attached hydrogen (secondary N) is 1. The molecule has 0 aromatic carbocycles. The van der Waals surface area contributed by atoms with Gasteiger partial charge in [-0.15, -0.1) is 0 Å². The molecule has 0 aromatic rings. The van der Waals surface area contributed by atoms with Crippen molar-refractivity contribution in [2.24, 2.45) is 0 Å². The standard InChI is InChI=1S/C9H18N2S/c1-11(2)9(12)10-8-6-4-3-5-7-8/h8H,3-7H2,1-2H3,(H,10,12). The maximum absolute atomic E-state index is 5.17. The highest BCUT2D eigenvalue weighted by molar-refractivity contribution is 7.80. The summed E-state index contributed by atoms with van der Waals surface area (Å²) in [5.41, 5.74) is 0. The van der Waals surface area contributed by atoms with E-state index in [4.69, 9.17) is 12.2 Å². The van der Waals surface area contributed by atoms with Crippen LogP contribution in [-0.2, 0) is 0 Å². The molecular weight excluding hydrogens is 168 g/mol. The van der Waals surface area contributed by atoms with Gasteiger partial charge in [-0.2, -0.15) is 0 Å². The fraction of sp³-hybridized carbons (Fsp3) is 0.889. The van der Waals surface area contributed by atoms with Gasteiger partial charge < -0.3 is 10.2 Å². The summed E-state index contributed by atoms with van der Waals surface area (Å²) < 4.78 is 0. The van der Waals surface area contributed by atoms with Crippen LogP contribution in [0.15, 0.2) is 0 Å². The van der Waals surface area contributed by atoms with Gasteiger partial charge in [0, 0.05) is 20.1 Å². The third-order valence-corrected chi connectivity index (χ3v) is 2.82. The van der Waals surface area contributed by atoms with Crippen molar-refractivity contribution in [3.8, 4) is 0 Å². The number of hydrogen-bond donors (Lipinski definition) is 1. The Bertz CT molecular complexity index is 151. The molecule has 0 heterocycles. The van der Waals surface area contributed by atoms with Crippen LogP contribution in [0.5, 0.6) is 0 Å². The molecule has 0 bridgehead atoms. The van der Waals surface area contributed by atoms with Crippen molar-refractivity contribution in [2.75, 3.05) is 14.1 Å². The summed E-state index contributed by atoms with van der Waals surface area (Å²) in [7, 11) is 3.97. The van der Waals surface area contributed by atoms with Crippen LogP contribution in [0.3, 0.4) is 0 Å². The Kier molecular flexibility index (Phi) is 3.79. The average molecular weight is 186 g/mol. The van der Waals surface area contributed by atoms with E-state index < -0.39 is 0 Å². The van der Waals surface area contributed by atoms with Crippen LogP contribution in [0, 0.1) is 0 Å². The zero-order valence-corrected chi connectivity index (χ0v) is 8.78. The molecule has 0 saturated heterocycles. The Morgan fingerprint density at radius 3 is 2.33 bits per heavy atom. The van der Waals surface area contributed by atoms with E-state index in [0.29, 0.717) is 6.04 Å². The van der Waals surface area contributed by atoms with Crippen molar-refractivity contribution < 1.29 is 0 Å². The molecule has 0 spiro atoms. The largest absolute Gasteiger partial charge is 0.360 e. The maximum Gasteiger partial charge on any atom is 0.168 e. The van der Waals surface area contributed by atoms with Gasteiger partial charge >= 0.3 is 0 Å². The molecule has 1 saturated carbocycles. The van der Waals surface area contributed by atoms with E-state index in [1.165, 1.54) is 32.1 Å². The van der Waals surface area contributed by atoms with E-state index in [2.05, 4.69) is 5.32 Å². The Morgan fingerprint density at radius 2 is 1.83 bits per heavy atom. The highest BCUT2D eigenvalue weighted by atomic mass is 32.1. The normalized spacial score (nSPS) is 18.8. The fourth-order valence-corrected chi connectivity index (χ4v) is 1.72. The minimum absolute atomic E-state index is 0.633. The summed E-state index contributed by atoms with van der Waals surface area (Å²) in [4.78, 5) is 1.96. The molecule has 1 aliphatic rings. The Balaban J connectivity index is 2.24. The number of hydrogen-bond acceptors (Lipinski definition) is 1. The van der Waals surface area contributed by atoms with Gasteiger partial charge in [-0.3, -0.25) is 0 Å². The van der Waals surface area contributed by atoms with Crippen LogP contribution >= 0.6 is 12.2 Å². The van der Waals surface area contributed by atoms with Crippen molar-refractivity contribution in [2.45, 2.75) is 38.1 Å². The zero-order valence-electron chi connectivity index (χ0n) is 7.97. The van der Waals surface area contributed by atoms with Gasteiger partial charge in [0.25, 0.3) is 0 Å². The molecule has 0 amide bonds. The predicted molar refractivity (Wildman–Crippen MR) is 56.3 cm³/mol. The van der Waals surface area contributed by atoms with E-state index in [0.717, 1.165) is 5.11 Å². The van der Waals surface area contributed by atoms with E-state index in [9.17, 15) is 0 Å². The quantitative estimate of drug-likeness (QED) is 0.628. The van der Waals surface area contributed by atoms with Crippen LogP contribution in [0.25, 0.3) is 0 Å². The Labute approximate surface area is 80.3 Å². The first-order valence-electron chi connectivity index (χ1n) is 4.68. The van der Waals surface area contributed by atoms with Crippen molar-refractivity contribution in [3.05, 3.63) is 0 Å². The van der Waals surface area contributed by atoms with Gasteiger partial charge in [0.1, 0.15) is 0 Å². The van der Waals surface area contributed by atoms with Gasteiger partial charge in [-0.05, 0) is 25.1 Å². The Hall–Kier alpha value is -0.310. The molecule has 2 nitrogen and oxygen atoms in total. The summed E-state index contributed by atoms with van der Waals surface area (Å²) in [6.07, 6.45) is 6.68. The van der Waals surface area contributed by atoms with Crippen molar-refractivity contribution in [3.63, 3.8) is 0 Å². The average Bonchev–Trinajstić information content (AvgIpc) is 2.06. The smallest absolute Gasteiger partial charge is 0.168 e. The van der Waals surface area contributed by atoms with E-state index in [-0.39, 0.29) is 0 Å². The van der Waals surface area contributed by atoms with Gasteiger partial charge in [-0.1, -0.05) is 19.3 Å². The first kappa shape index (κ1) is 9.78. The third-order valence-electron chi connectivity index (χ3n) is 2.34. The third kappa shape index (κ3) is 2.97. The highest BCUT2D eigenvalue weighted by Gasteiger charge is 2.14. The summed E-state index contributed by atoms with van der Waals surface area (Å²) in [5.74, 6) is 0. The van der Waals surface area contributed by atoms with E-state index in [1.54, 1.807) is 0 Å². The van der Waals surface area contributed by atoms with E-state index in [1.807, 2.05) is 19.0 Å². The first-order valence-corrected chi connectivity index (χ1v) is 5.09. The first-order chi connectivity index (χ1) is 5.70. The lowest BCUT2D eigenvalue weighted by molar-refractivity contribution is 0.403. The van der Waals surface area contributed by atoms with Gasteiger partial charge in [-0.25, -0.2) is 0 Å². The lowest BCUT2D eigenvalue weighted by Gasteiger charge is -2.26. The van der Waals surface area contributed by atoms with E-state index >= 15 is 0 Å². The molecule has 12 heavy (non-hydrogen) atoms. The Morgan fingerprint density at radius 1 is 1.25 bits per heavy atom. The molecular formula is C9H18N2S. The second-order valence-electron chi connectivity index (χ2n) is 3.68. The predicted octanol–water partition coefficient (Wildman–Crippen LogP) is 1.76. The monoisotopic (exact) mass is 186 g/mol. The maximum atomic E-state index is 5.17. The van der Waals surface area contributed by atoms with Crippen molar-refractivity contribution >= 4 is 17.3 Å². The minimum atomic E-state index is 0.633. The van der Waals surface area contributed by atoms with Crippen LogP contribution in [0.2, 0.25) is 0 Å². The SMILES string of the molecule is CN(C)C(=S)NC1CCCCC1. The number of rotatable bonds is 1.